The van der Waals surface area contributed by atoms with Crippen molar-refractivity contribution in [3.8, 4) is 16.8 Å². The van der Waals surface area contributed by atoms with Crippen LogP contribution in [-0.4, -0.2) is 30.1 Å². The highest BCUT2D eigenvalue weighted by Gasteiger charge is 2.31. The smallest absolute Gasteiger partial charge is 0.352 e. The number of pyridine rings is 1. The first-order valence-electron chi connectivity index (χ1n) is 12.7. The molecule has 2 heterocycles. The minimum absolute atomic E-state index is 0.0602. The summed E-state index contributed by atoms with van der Waals surface area (Å²) in [6.45, 7) is 4.12. The van der Waals surface area contributed by atoms with Crippen molar-refractivity contribution in [1.82, 2.24) is 15.2 Å². The Labute approximate surface area is 214 Å². The third-order valence-corrected chi connectivity index (χ3v) is 6.93. The summed E-state index contributed by atoms with van der Waals surface area (Å²) in [6.07, 6.45) is 0.758. The topological polar surface area (TPSA) is 63.1 Å². The molecular formula is C29H32F3N3O2. The molecule has 4 rings (SSSR count). The van der Waals surface area contributed by atoms with Crippen molar-refractivity contribution in [1.29, 1.82) is 0 Å². The lowest BCUT2D eigenvalue weighted by molar-refractivity contribution is -0.137. The Morgan fingerprint density at radius 3 is 2.62 bits per heavy atom. The molecule has 0 radical (unpaired) electrons. The average Bonchev–Trinajstić information content (AvgIpc) is 3.16. The molecule has 5 nitrogen and oxygen atoms in total. The highest BCUT2D eigenvalue weighted by atomic mass is 19.4. The second-order valence-electron chi connectivity index (χ2n) is 9.58. The molecule has 2 aromatic carbocycles. The zero-order valence-electron chi connectivity index (χ0n) is 20.9. The van der Waals surface area contributed by atoms with E-state index in [1.165, 1.54) is 36.0 Å². The van der Waals surface area contributed by atoms with E-state index < -0.39 is 23.2 Å². The van der Waals surface area contributed by atoms with E-state index in [1.807, 2.05) is 30.3 Å². The van der Waals surface area contributed by atoms with Crippen LogP contribution in [0.2, 0.25) is 0 Å². The van der Waals surface area contributed by atoms with Gasteiger partial charge in [0.1, 0.15) is 5.56 Å². The molecule has 37 heavy (non-hydrogen) atoms. The lowest BCUT2D eigenvalue weighted by Gasteiger charge is -2.18. The number of carbonyl (C=O) groups excluding carboxylic acids is 1. The third-order valence-electron chi connectivity index (χ3n) is 6.93. The van der Waals surface area contributed by atoms with Gasteiger partial charge in [0, 0.05) is 23.5 Å². The van der Waals surface area contributed by atoms with Gasteiger partial charge in [-0.3, -0.25) is 14.2 Å². The first-order valence-corrected chi connectivity index (χ1v) is 12.7. The van der Waals surface area contributed by atoms with Gasteiger partial charge in [0.05, 0.1) is 5.56 Å². The summed E-state index contributed by atoms with van der Waals surface area (Å²) >= 11 is 0. The molecule has 0 spiro atoms. The molecule has 1 amide bonds. The molecule has 8 heteroatoms. The maximum atomic E-state index is 13.5. The molecule has 0 bridgehead atoms. The van der Waals surface area contributed by atoms with Gasteiger partial charge in [-0.1, -0.05) is 42.8 Å². The van der Waals surface area contributed by atoms with Crippen molar-refractivity contribution < 1.29 is 18.0 Å². The summed E-state index contributed by atoms with van der Waals surface area (Å²) < 4.78 is 41.4. The first kappa shape index (κ1) is 26.7. The van der Waals surface area contributed by atoms with Gasteiger partial charge in [-0.2, -0.15) is 13.2 Å². The minimum atomic E-state index is -4.56. The predicted molar refractivity (Wildman–Crippen MR) is 139 cm³/mol. The fourth-order valence-electron chi connectivity index (χ4n) is 4.93. The summed E-state index contributed by atoms with van der Waals surface area (Å²) in [6, 6.07) is 15.3. The van der Waals surface area contributed by atoms with Gasteiger partial charge in [-0.25, -0.2) is 0 Å². The number of aromatic nitrogens is 1. The van der Waals surface area contributed by atoms with Gasteiger partial charge >= 0.3 is 6.18 Å². The monoisotopic (exact) mass is 511 g/mol. The van der Waals surface area contributed by atoms with E-state index >= 15 is 0 Å². The number of benzene rings is 2. The van der Waals surface area contributed by atoms with Crippen LogP contribution in [0.4, 0.5) is 13.2 Å². The molecule has 3 aromatic rings. The standard InChI is InChI=1S/C29H32F3N3O2/c1-20-25(22-11-3-2-4-12-22)18-26(27(36)34-16-8-10-21-9-5-6-15-33-19-21)28(37)35(20)24-14-7-13-23(17-24)29(30,31)32/h2-4,7,11-14,17-18,21,33H,5-6,8-10,15-16,19H2,1H3,(H,34,36). The summed E-state index contributed by atoms with van der Waals surface area (Å²) in [4.78, 5) is 26.7. The molecule has 1 aliphatic heterocycles. The number of rotatable bonds is 7. The van der Waals surface area contributed by atoms with Crippen molar-refractivity contribution in [2.24, 2.45) is 5.92 Å². The number of hydrogen-bond acceptors (Lipinski definition) is 3. The molecule has 2 N–H and O–H groups in total. The number of halogens is 3. The Morgan fingerprint density at radius 1 is 1.08 bits per heavy atom. The van der Waals surface area contributed by atoms with E-state index in [-0.39, 0.29) is 11.3 Å². The Bertz CT molecular complexity index is 1280. The van der Waals surface area contributed by atoms with Gasteiger partial charge in [0.2, 0.25) is 0 Å². The molecule has 1 saturated heterocycles. The van der Waals surface area contributed by atoms with E-state index in [1.54, 1.807) is 13.0 Å². The predicted octanol–water partition coefficient (Wildman–Crippen LogP) is 5.73. The van der Waals surface area contributed by atoms with Crippen LogP contribution >= 0.6 is 0 Å². The molecule has 1 aliphatic rings. The van der Waals surface area contributed by atoms with Gasteiger partial charge in [-0.15, -0.1) is 0 Å². The lowest BCUT2D eigenvalue weighted by Crippen LogP contribution is -2.34. The average molecular weight is 512 g/mol. The summed E-state index contributed by atoms with van der Waals surface area (Å²) in [5.74, 6) is 0.0449. The summed E-state index contributed by atoms with van der Waals surface area (Å²) in [7, 11) is 0. The largest absolute Gasteiger partial charge is 0.416 e. The second-order valence-corrected chi connectivity index (χ2v) is 9.58. The van der Waals surface area contributed by atoms with E-state index in [4.69, 9.17) is 0 Å². The van der Waals surface area contributed by atoms with Crippen molar-refractivity contribution in [3.05, 3.63) is 87.8 Å². The molecule has 1 unspecified atom stereocenters. The van der Waals surface area contributed by atoms with E-state index in [9.17, 15) is 22.8 Å². The second kappa shape index (κ2) is 11.8. The Kier molecular flexibility index (Phi) is 8.48. The van der Waals surface area contributed by atoms with Crippen molar-refractivity contribution in [2.45, 2.75) is 45.2 Å². The van der Waals surface area contributed by atoms with Crippen LogP contribution in [0.15, 0.2) is 65.5 Å². The number of nitrogens with one attached hydrogen (secondary N) is 2. The van der Waals surface area contributed by atoms with Crippen molar-refractivity contribution >= 4 is 5.91 Å². The summed E-state index contributed by atoms with van der Waals surface area (Å²) in [5.41, 5.74) is 0.265. The number of amides is 1. The van der Waals surface area contributed by atoms with Crippen LogP contribution in [-0.2, 0) is 6.18 Å². The molecule has 0 aliphatic carbocycles. The highest BCUT2D eigenvalue weighted by Crippen LogP contribution is 2.31. The Balaban J connectivity index is 1.65. The van der Waals surface area contributed by atoms with Crippen LogP contribution in [0, 0.1) is 12.8 Å². The molecule has 196 valence electrons. The number of alkyl halides is 3. The molecular weight excluding hydrogens is 479 g/mol. The van der Waals surface area contributed by atoms with Crippen molar-refractivity contribution in [2.75, 3.05) is 19.6 Å². The third kappa shape index (κ3) is 6.49. The van der Waals surface area contributed by atoms with Crippen LogP contribution in [0.25, 0.3) is 16.8 Å². The van der Waals surface area contributed by atoms with E-state index in [2.05, 4.69) is 10.6 Å². The molecule has 1 atom stereocenters. The normalized spacial score (nSPS) is 16.3. The molecule has 1 aromatic heterocycles. The van der Waals surface area contributed by atoms with Crippen LogP contribution < -0.4 is 16.2 Å². The number of hydrogen-bond donors (Lipinski definition) is 2. The Morgan fingerprint density at radius 2 is 1.86 bits per heavy atom. The molecule has 0 saturated carbocycles. The Hall–Kier alpha value is -3.39. The highest BCUT2D eigenvalue weighted by molar-refractivity contribution is 5.95. The van der Waals surface area contributed by atoms with Crippen LogP contribution in [0.3, 0.4) is 0 Å². The minimum Gasteiger partial charge on any atom is -0.352 e. The molecule has 1 fully saturated rings. The maximum absolute atomic E-state index is 13.5. The van der Waals surface area contributed by atoms with Crippen LogP contribution in [0.1, 0.15) is 53.7 Å². The fraction of sp³-hybridized carbons (Fsp3) is 0.379. The summed E-state index contributed by atoms with van der Waals surface area (Å²) in [5, 5.41) is 6.30. The van der Waals surface area contributed by atoms with Gasteiger partial charge in [0.25, 0.3) is 11.5 Å². The fourth-order valence-corrected chi connectivity index (χ4v) is 4.93. The lowest BCUT2D eigenvalue weighted by atomic mass is 9.98. The SMILES string of the molecule is Cc1c(-c2ccccc2)cc(C(=O)NCCCC2CCCCNC2)c(=O)n1-c1cccc(C(F)(F)F)c1. The van der Waals surface area contributed by atoms with Crippen LogP contribution in [0.5, 0.6) is 0 Å². The zero-order chi connectivity index (χ0) is 26.4. The van der Waals surface area contributed by atoms with Gasteiger partial charge < -0.3 is 10.6 Å². The van der Waals surface area contributed by atoms with Crippen molar-refractivity contribution in [3.63, 3.8) is 0 Å². The van der Waals surface area contributed by atoms with Gasteiger partial charge in [-0.05, 0) is 81.4 Å². The van der Waals surface area contributed by atoms with E-state index in [0.29, 0.717) is 23.7 Å². The van der Waals surface area contributed by atoms with Gasteiger partial charge in [0.15, 0.2) is 0 Å². The quantitative estimate of drug-likeness (QED) is 0.398. The number of carbonyl (C=O) groups is 1. The van der Waals surface area contributed by atoms with E-state index in [0.717, 1.165) is 43.6 Å². The zero-order valence-corrected chi connectivity index (χ0v) is 20.9. The number of nitrogens with zero attached hydrogens (tertiary/aromatic N) is 1. The maximum Gasteiger partial charge on any atom is 0.416 e. The first-order chi connectivity index (χ1) is 17.8.